The van der Waals surface area contributed by atoms with Gasteiger partial charge in [0.05, 0.1) is 6.04 Å². The fraction of sp³-hybridized carbons (Fsp3) is 0.929. The van der Waals surface area contributed by atoms with Gasteiger partial charge in [-0.05, 0) is 66.5 Å². The SMILES string of the molecule is CC(N)C1CCN(C(C)C(=O)NC(C)(C)C)CC1. The lowest BCUT2D eigenvalue weighted by molar-refractivity contribution is -0.127. The molecule has 1 aliphatic heterocycles. The Bertz CT molecular complexity index is 275. The van der Waals surface area contributed by atoms with Crippen LogP contribution in [0.4, 0.5) is 0 Å². The Kier molecular flexibility index (Phi) is 5.17. The second kappa shape index (κ2) is 6.02. The highest BCUT2D eigenvalue weighted by Gasteiger charge is 2.29. The number of carbonyl (C=O) groups is 1. The number of nitrogens with one attached hydrogen (secondary N) is 1. The molecule has 0 aliphatic carbocycles. The van der Waals surface area contributed by atoms with Crippen molar-refractivity contribution in [2.24, 2.45) is 11.7 Å². The van der Waals surface area contributed by atoms with E-state index in [2.05, 4.69) is 17.1 Å². The van der Waals surface area contributed by atoms with E-state index in [1.807, 2.05) is 27.7 Å². The van der Waals surface area contributed by atoms with E-state index in [9.17, 15) is 4.79 Å². The molecule has 0 spiro atoms. The van der Waals surface area contributed by atoms with Gasteiger partial charge in [-0.15, -0.1) is 0 Å². The number of nitrogens with zero attached hydrogens (tertiary/aromatic N) is 1. The van der Waals surface area contributed by atoms with E-state index in [0.717, 1.165) is 25.9 Å². The van der Waals surface area contributed by atoms with E-state index in [-0.39, 0.29) is 23.5 Å². The van der Waals surface area contributed by atoms with Crippen molar-refractivity contribution in [3.8, 4) is 0 Å². The Labute approximate surface area is 111 Å². The van der Waals surface area contributed by atoms with Crippen LogP contribution in [0.25, 0.3) is 0 Å². The molecular formula is C14H29N3O. The second-order valence-electron chi connectivity index (χ2n) is 6.65. The minimum Gasteiger partial charge on any atom is -0.350 e. The molecular weight excluding hydrogens is 226 g/mol. The van der Waals surface area contributed by atoms with Crippen LogP contribution >= 0.6 is 0 Å². The zero-order chi connectivity index (χ0) is 13.9. The summed E-state index contributed by atoms with van der Waals surface area (Å²) in [5.74, 6) is 0.737. The summed E-state index contributed by atoms with van der Waals surface area (Å²) < 4.78 is 0. The molecule has 0 saturated carbocycles. The van der Waals surface area contributed by atoms with Crippen molar-refractivity contribution in [2.75, 3.05) is 13.1 Å². The molecule has 0 aromatic heterocycles. The molecule has 0 aromatic carbocycles. The first-order valence-electron chi connectivity index (χ1n) is 7.02. The summed E-state index contributed by atoms with van der Waals surface area (Å²) in [6.45, 7) is 12.1. The normalized spacial score (nSPS) is 22.6. The van der Waals surface area contributed by atoms with Crippen LogP contribution in [0.2, 0.25) is 0 Å². The first-order valence-corrected chi connectivity index (χ1v) is 7.02. The number of hydrogen-bond acceptors (Lipinski definition) is 3. The van der Waals surface area contributed by atoms with Crippen LogP contribution in [0.3, 0.4) is 0 Å². The lowest BCUT2D eigenvalue weighted by Gasteiger charge is -2.37. The molecule has 1 aliphatic rings. The van der Waals surface area contributed by atoms with E-state index < -0.39 is 0 Å². The third-order valence-corrected chi connectivity index (χ3v) is 3.74. The van der Waals surface area contributed by atoms with Gasteiger partial charge < -0.3 is 11.1 Å². The van der Waals surface area contributed by atoms with Gasteiger partial charge in [-0.3, -0.25) is 9.69 Å². The lowest BCUT2D eigenvalue weighted by atomic mass is 9.90. The molecule has 4 nitrogen and oxygen atoms in total. The quantitative estimate of drug-likeness (QED) is 0.800. The lowest BCUT2D eigenvalue weighted by Crippen LogP contribution is -2.53. The van der Waals surface area contributed by atoms with Crippen LogP contribution in [0, 0.1) is 5.92 Å². The predicted molar refractivity (Wildman–Crippen MR) is 75.3 cm³/mol. The Morgan fingerprint density at radius 3 is 2.17 bits per heavy atom. The first kappa shape index (κ1) is 15.4. The van der Waals surface area contributed by atoms with Gasteiger partial charge in [-0.1, -0.05) is 0 Å². The Morgan fingerprint density at radius 2 is 1.78 bits per heavy atom. The summed E-state index contributed by atoms with van der Waals surface area (Å²) >= 11 is 0. The van der Waals surface area contributed by atoms with Crippen LogP contribution in [0.5, 0.6) is 0 Å². The maximum atomic E-state index is 12.1. The molecule has 0 aromatic rings. The van der Waals surface area contributed by atoms with Crippen molar-refractivity contribution in [3.05, 3.63) is 0 Å². The van der Waals surface area contributed by atoms with Gasteiger partial charge in [0.15, 0.2) is 0 Å². The molecule has 2 unspecified atom stereocenters. The maximum Gasteiger partial charge on any atom is 0.237 e. The first-order chi connectivity index (χ1) is 8.20. The fourth-order valence-electron chi connectivity index (χ4n) is 2.47. The standard InChI is InChI=1S/C14H29N3O/c1-10(15)12-6-8-17(9-7-12)11(2)13(18)16-14(3,4)5/h10-12H,6-9,15H2,1-5H3,(H,16,18). The van der Waals surface area contributed by atoms with Crippen LogP contribution in [-0.4, -0.2) is 41.5 Å². The number of likely N-dealkylation sites (tertiary alicyclic amines) is 1. The number of amides is 1. The van der Waals surface area contributed by atoms with Crippen molar-refractivity contribution < 1.29 is 4.79 Å². The average Bonchev–Trinajstić information content (AvgIpc) is 2.26. The molecule has 1 saturated heterocycles. The van der Waals surface area contributed by atoms with Crippen molar-refractivity contribution in [3.63, 3.8) is 0 Å². The van der Waals surface area contributed by atoms with Gasteiger partial charge in [0.25, 0.3) is 0 Å². The van der Waals surface area contributed by atoms with E-state index >= 15 is 0 Å². The summed E-state index contributed by atoms with van der Waals surface area (Å²) in [7, 11) is 0. The molecule has 1 heterocycles. The van der Waals surface area contributed by atoms with E-state index in [4.69, 9.17) is 5.73 Å². The third-order valence-electron chi connectivity index (χ3n) is 3.74. The Morgan fingerprint density at radius 1 is 1.28 bits per heavy atom. The van der Waals surface area contributed by atoms with Gasteiger partial charge in [0.1, 0.15) is 0 Å². The molecule has 0 bridgehead atoms. The molecule has 106 valence electrons. The number of piperidine rings is 1. The maximum absolute atomic E-state index is 12.1. The predicted octanol–water partition coefficient (Wildman–Crippen LogP) is 1.35. The molecule has 1 amide bonds. The molecule has 4 heteroatoms. The number of carbonyl (C=O) groups excluding carboxylic acids is 1. The van der Waals surface area contributed by atoms with Crippen molar-refractivity contribution in [2.45, 2.75) is 65.1 Å². The van der Waals surface area contributed by atoms with Crippen LogP contribution < -0.4 is 11.1 Å². The Balaban J connectivity index is 2.45. The molecule has 1 fully saturated rings. The zero-order valence-electron chi connectivity index (χ0n) is 12.5. The highest BCUT2D eigenvalue weighted by Crippen LogP contribution is 2.21. The summed E-state index contributed by atoms with van der Waals surface area (Å²) in [4.78, 5) is 14.4. The molecule has 0 radical (unpaired) electrons. The van der Waals surface area contributed by atoms with Gasteiger partial charge in [0.2, 0.25) is 5.91 Å². The highest BCUT2D eigenvalue weighted by molar-refractivity contribution is 5.81. The van der Waals surface area contributed by atoms with Crippen molar-refractivity contribution in [1.82, 2.24) is 10.2 Å². The second-order valence-corrected chi connectivity index (χ2v) is 6.65. The van der Waals surface area contributed by atoms with Crippen LogP contribution in [0.15, 0.2) is 0 Å². The van der Waals surface area contributed by atoms with Gasteiger partial charge >= 0.3 is 0 Å². The third kappa shape index (κ3) is 4.58. The summed E-state index contributed by atoms with van der Waals surface area (Å²) in [5, 5.41) is 3.04. The Hall–Kier alpha value is -0.610. The molecule has 18 heavy (non-hydrogen) atoms. The van der Waals surface area contributed by atoms with Crippen molar-refractivity contribution in [1.29, 1.82) is 0 Å². The van der Waals surface area contributed by atoms with Crippen LogP contribution in [0.1, 0.15) is 47.5 Å². The minimum absolute atomic E-state index is 0.0433. The molecule has 1 rings (SSSR count). The van der Waals surface area contributed by atoms with Crippen LogP contribution in [-0.2, 0) is 4.79 Å². The average molecular weight is 255 g/mol. The summed E-state index contributed by atoms with van der Waals surface area (Å²) in [5.41, 5.74) is 5.78. The van der Waals surface area contributed by atoms with Gasteiger partial charge in [-0.2, -0.15) is 0 Å². The molecule has 2 atom stereocenters. The number of rotatable bonds is 3. The monoisotopic (exact) mass is 255 g/mol. The van der Waals surface area contributed by atoms with E-state index in [1.165, 1.54) is 0 Å². The fourth-order valence-corrected chi connectivity index (χ4v) is 2.47. The zero-order valence-corrected chi connectivity index (χ0v) is 12.5. The van der Waals surface area contributed by atoms with Gasteiger partial charge in [0, 0.05) is 11.6 Å². The molecule has 3 N–H and O–H groups in total. The summed E-state index contributed by atoms with van der Waals surface area (Å²) in [6.07, 6.45) is 2.20. The number of hydrogen-bond donors (Lipinski definition) is 2. The smallest absolute Gasteiger partial charge is 0.237 e. The topological polar surface area (TPSA) is 58.4 Å². The highest BCUT2D eigenvalue weighted by atomic mass is 16.2. The number of nitrogens with two attached hydrogens (primary N) is 1. The minimum atomic E-state index is -0.157. The van der Waals surface area contributed by atoms with E-state index in [1.54, 1.807) is 0 Å². The summed E-state index contributed by atoms with van der Waals surface area (Å²) in [6, 6.07) is 0.226. The largest absolute Gasteiger partial charge is 0.350 e. The van der Waals surface area contributed by atoms with Crippen molar-refractivity contribution >= 4 is 5.91 Å². The van der Waals surface area contributed by atoms with E-state index in [0.29, 0.717) is 5.92 Å². The van der Waals surface area contributed by atoms with Gasteiger partial charge in [-0.25, -0.2) is 0 Å².